The Labute approximate surface area is 66.1 Å². The molecule has 64 valence electrons. The number of nitrogens with one attached hydrogen (secondary N) is 1. The van der Waals surface area contributed by atoms with Crippen molar-refractivity contribution in [2.45, 2.75) is 25.8 Å². The van der Waals surface area contributed by atoms with Crippen LogP contribution >= 0.6 is 0 Å². The largest absolute Gasteiger partial charge is 0.370 e. The Balaban J connectivity index is 3.76. The summed E-state index contributed by atoms with van der Waals surface area (Å²) in [5.41, 5.74) is 4.95. The number of amides is 1. The maximum absolute atomic E-state index is 10.6. The lowest BCUT2D eigenvalue weighted by atomic mass is 10.1. The van der Waals surface area contributed by atoms with Crippen molar-refractivity contribution >= 4 is 11.7 Å². The third-order valence-electron chi connectivity index (χ3n) is 1.39. The second-order valence-corrected chi connectivity index (χ2v) is 2.56. The minimum absolute atomic E-state index is 0.0607. The van der Waals surface area contributed by atoms with Crippen molar-refractivity contribution in [1.29, 1.82) is 0 Å². The Kier molecular flexibility index (Phi) is 4.45. The SMILES string of the molecule is CN[C@@H](CC(C)=O)CC(N)=O. The van der Waals surface area contributed by atoms with Crippen LogP contribution in [-0.2, 0) is 9.59 Å². The van der Waals surface area contributed by atoms with E-state index in [2.05, 4.69) is 5.32 Å². The van der Waals surface area contributed by atoms with Crippen LogP contribution in [0.5, 0.6) is 0 Å². The summed E-state index contributed by atoms with van der Waals surface area (Å²) in [4.78, 5) is 21.0. The minimum Gasteiger partial charge on any atom is -0.370 e. The molecule has 0 aliphatic heterocycles. The molecule has 0 saturated carbocycles. The summed E-state index contributed by atoms with van der Waals surface area (Å²) >= 11 is 0. The molecule has 11 heavy (non-hydrogen) atoms. The Hall–Kier alpha value is -0.900. The first-order chi connectivity index (χ1) is 5.06. The smallest absolute Gasteiger partial charge is 0.218 e. The molecule has 0 aliphatic rings. The zero-order valence-corrected chi connectivity index (χ0v) is 6.89. The molecule has 0 rings (SSSR count). The Morgan fingerprint density at radius 2 is 2.00 bits per heavy atom. The molecule has 4 heteroatoms. The van der Waals surface area contributed by atoms with Crippen LogP contribution in [0.2, 0.25) is 0 Å². The number of ketones is 1. The van der Waals surface area contributed by atoms with Crippen molar-refractivity contribution in [3.8, 4) is 0 Å². The van der Waals surface area contributed by atoms with Crippen LogP contribution < -0.4 is 11.1 Å². The Morgan fingerprint density at radius 1 is 1.45 bits per heavy atom. The topological polar surface area (TPSA) is 72.2 Å². The molecule has 0 aromatic carbocycles. The van der Waals surface area contributed by atoms with E-state index in [1.807, 2.05) is 0 Å². The molecule has 0 saturated heterocycles. The van der Waals surface area contributed by atoms with Gasteiger partial charge in [-0.1, -0.05) is 0 Å². The van der Waals surface area contributed by atoms with E-state index in [1.54, 1.807) is 7.05 Å². The van der Waals surface area contributed by atoms with E-state index >= 15 is 0 Å². The van der Waals surface area contributed by atoms with Gasteiger partial charge in [0.15, 0.2) is 0 Å². The van der Waals surface area contributed by atoms with Crippen LogP contribution in [0.25, 0.3) is 0 Å². The molecule has 0 bridgehead atoms. The Bertz CT molecular complexity index is 141. The van der Waals surface area contributed by atoms with Gasteiger partial charge in [0.2, 0.25) is 5.91 Å². The highest BCUT2D eigenvalue weighted by molar-refractivity contribution is 5.79. The number of carbonyl (C=O) groups excluding carboxylic acids is 2. The molecule has 1 amide bonds. The summed E-state index contributed by atoms with van der Waals surface area (Å²) in [5, 5.41) is 2.84. The van der Waals surface area contributed by atoms with Crippen molar-refractivity contribution < 1.29 is 9.59 Å². The van der Waals surface area contributed by atoms with Crippen LogP contribution in [0.1, 0.15) is 19.8 Å². The highest BCUT2D eigenvalue weighted by atomic mass is 16.1. The summed E-state index contributed by atoms with van der Waals surface area (Å²) in [6, 6.07) is -0.106. The molecule has 0 spiro atoms. The molecule has 0 heterocycles. The highest BCUT2D eigenvalue weighted by Gasteiger charge is 2.10. The maximum atomic E-state index is 10.6. The van der Waals surface area contributed by atoms with E-state index in [-0.39, 0.29) is 24.2 Å². The standard InChI is InChI=1S/C7H14N2O2/c1-5(10)3-6(9-2)4-7(8)11/h6,9H,3-4H2,1-2H3,(H2,8,11)/t6-/m0/s1. The van der Waals surface area contributed by atoms with E-state index in [4.69, 9.17) is 5.73 Å². The molecule has 1 atom stereocenters. The van der Waals surface area contributed by atoms with Crippen molar-refractivity contribution in [2.75, 3.05) is 7.05 Å². The zero-order valence-electron chi connectivity index (χ0n) is 6.89. The van der Waals surface area contributed by atoms with Gasteiger partial charge in [0, 0.05) is 18.9 Å². The lowest BCUT2D eigenvalue weighted by molar-refractivity contribution is -0.119. The summed E-state index contributed by atoms with van der Waals surface area (Å²) in [5.74, 6) is -0.323. The van der Waals surface area contributed by atoms with Gasteiger partial charge in [0.25, 0.3) is 0 Å². The molecule has 3 N–H and O–H groups in total. The van der Waals surface area contributed by atoms with Gasteiger partial charge in [-0.25, -0.2) is 0 Å². The summed E-state index contributed by atoms with van der Waals surface area (Å²) < 4.78 is 0. The molecule has 0 fully saturated rings. The van der Waals surface area contributed by atoms with Gasteiger partial charge >= 0.3 is 0 Å². The molecule has 0 aliphatic carbocycles. The number of hydrogen-bond donors (Lipinski definition) is 2. The first kappa shape index (κ1) is 10.1. The fourth-order valence-electron chi connectivity index (χ4n) is 0.866. The number of rotatable bonds is 5. The van der Waals surface area contributed by atoms with Crippen molar-refractivity contribution in [2.24, 2.45) is 5.73 Å². The average Bonchev–Trinajstić information content (AvgIpc) is 1.84. The average molecular weight is 158 g/mol. The third kappa shape index (κ3) is 5.54. The van der Waals surface area contributed by atoms with Gasteiger partial charge in [-0.15, -0.1) is 0 Å². The fraction of sp³-hybridized carbons (Fsp3) is 0.714. The quantitative estimate of drug-likeness (QED) is 0.562. The van der Waals surface area contributed by atoms with Gasteiger partial charge in [-0.3, -0.25) is 9.59 Å². The number of Topliss-reactive ketones (excluding diaryl/α,β-unsaturated/α-hetero) is 1. The zero-order chi connectivity index (χ0) is 8.85. The Morgan fingerprint density at radius 3 is 2.27 bits per heavy atom. The van der Waals surface area contributed by atoms with Crippen LogP contribution in [-0.4, -0.2) is 24.8 Å². The molecule has 4 nitrogen and oxygen atoms in total. The van der Waals surface area contributed by atoms with E-state index in [1.165, 1.54) is 6.92 Å². The maximum Gasteiger partial charge on any atom is 0.218 e. The highest BCUT2D eigenvalue weighted by Crippen LogP contribution is 1.96. The van der Waals surface area contributed by atoms with Crippen LogP contribution in [0.3, 0.4) is 0 Å². The molecule has 0 aromatic heterocycles. The van der Waals surface area contributed by atoms with Crippen molar-refractivity contribution in [3.05, 3.63) is 0 Å². The second-order valence-electron chi connectivity index (χ2n) is 2.56. The summed E-state index contributed by atoms with van der Waals surface area (Å²) in [7, 11) is 1.70. The first-order valence-corrected chi connectivity index (χ1v) is 3.51. The van der Waals surface area contributed by atoms with E-state index in [0.29, 0.717) is 6.42 Å². The van der Waals surface area contributed by atoms with Crippen LogP contribution in [0, 0.1) is 0 Å². The van der Waals surface area contributed by atoms with Gasteiger partial charge in [0.05, 0.1) is 0 Å². The number of primary amides is 1. The number of hydrogen-bond acceptors (Lipinski definition) is 3. The lowest BCUT2D eigenvalue weighted by Crippen LogP contribution is -2.32. The molecule has 0 aromatic rings. The van der Waals surface area contributed by atoms with Gasteiger partial charge in [0.1, 0.15) is 5.78 Å². The van der Waals surface area contributed by atoms with Gasteiger partial charge < -0.3 is 11.1 Å². The monoisotopic (exact) mass is 158 g/mol. The van der Waals surface area contributed by atoms with E-state index < -0.39 is 0 Å². The van der Waals surface area contributed by atoms with Crippen molar-refractivity contribution in [1.82, 2.24) is 5.32 Å². The summed E-state index contributed by atoms with van der Waals surface area (Å²) in [6.07, 6.45) is 0.579. The predicted molar refractivity (Wildman–Crippen MR) is 42.0 cm³/mol. The molecular weight excluding hydrogens is 144 g/mol. The van der Waals surface area contributed by atoms with Crippen molar-refractivity contribution in [3.63, 3.8) is 0 Å². The van der Waals surface area contributed by atoms with Crippen LogP contribution in [0.4, 0.5) is 0 Å². The normalized spacial score (nSPS) is 12.5. The second kappa shape index (κ2) is 4.85. The van der Waals surface area contributed by atoms with E-state index in [0.717, 1.165) is 0 Å². The molecular formula is C7H14N2O2. The first-order valence-electron chi connectivity index (χ1n) is 3.51. The van der Waals surface area contributed by atoms with E-state index in [9.17, 15) is 9.59 Å². The van der Waals surface area contributed by atoms with Gasteiger partial charge in [-0.2, -0.15) is 0 Å². The van der Waals surface area contributed by atoms with Gasteiger partial charge in [-0.05, 0) is 14.0 Å². The minimum atomic E-state index is -0.384. The molecule has 0 unspecified atom stereocenters. The summed E-state index contributed by atoms with van der Waals surface area (Å²) in [6.45, 7) is 1.49. The predicted octanol–water partition coefficient (Wildman–Crippen LogP) is -0.571. The fourth-order valence-corrected chi connectivity index (χ4v) is 0.866. The number of carbonyl (C=O) groups is 2. The molecule has 0 radical (unpaired) electrons. The van der Waals surface area contributed by atoms with Crippen LogP contribution in [0.15, 0.2) is 0 Å². The third-order valence-corrected chi connectivity index (χ3v) is 1.39. The lowest BCUT2D eigenvalue weighted by Gasteiger charge is -2.11. The number of nitrogens with two attached hydrogens (primary N) is 1.